The van der Waals surface area contributed by atoms with Gasteiger partial charge in [-0.15, -0.1) is 0 Å². The Hall–Kier alpha value is -1.98. The fourth-order valence-corrected chi connectivity index (χ4v) is 1.91. The number of carboxylic acid groups (broad SMARTS) is 1. The maximum Gasteiger partial charge on any atom is 0.311 e. The monoisotopic (exact) mass is 235 g/mol. The molecule has 1 amide bonds. The van der Waals surface area contributed by atoms with E-state index in [1.165, 1.54) is 12.4 Å². The van der Waals surface area contributed by atoms with E-state index in [1.54, 1.807) is 17.9 Å². The van der Waals surface area contributed by atoms with E-state index in [0.29, 0.717) is 18.5 Å². The maximum absolute atomic E-state index is 12.0. The lowest BCUT2D eigenvalue weighted by Gasteiger charge is -2.19. The van der Waals surface area contributed by atoms with Gasteiger partial charge in [-0.05, 0) is 19.4 Å². The Kier molecular flexibility index (Phi) is 2.79. The van der Waals surface area contributed by atoms with Crippen LogP contribution in [-0.4, -0.2) is 45.2 Å². The Morgan fingerprint density at radius 3 is 2.76 bits per heavy atom. The molecule has 0 bridgehead atoms. The van der Waals surface area contributed by atoms with Crippen molar-refractivity contribution in [2.24, 2.45) is 5.41 Å². The van der Waals surface area contributed by atoms with E-state index in [1.807, 2.05) is 0 Å². The predicted molar refractivity (Wildman–Crippen MR) is 58.3 cm³/mol. The third-order valence-electron chi connectivity index (χ3n) is 3.11. The second-order valence-corrected chi connectivity index (χ2v) is 4.47. The van der Waals surface area contributed by atoms with Crippen molar-refractivity contribution in [3.8, 4) is 0 Å². The summed E-state index contributed by atoms with van der Waals surface area (Å²) in [4.78, 5) is 24.6. The maximum atomic E-state index is 12.0. The van der Waals surface area contributed by atoms with E-state index < -0.39 is 11.4 Å². The molecule has 2 heterocycles. The number of carboxylic acids is 1. The van der Waals surface area contributed by atoms with Crippen LogP contribution < -0.4 is 0 Å². The first-order valence-electron chi connectivity index (χ1n) is 5.32. The standard InChI is InChI=1S/C11H13N3O3/c1-11(10(16)17)3-5-14(7-11)9(15)8-2-4-12-13-6-8/h2,4,6H,3,5,7H2,1H3,(H,16,17). The molecule has 17 heavy (non-hydrogen) atoms. The van der Waals surface area contributed by atoms with Crippen molar-refractivity contribution in [2.75, 3.05) is 13.1 Å². The highest BCUT2D eigenvalue weighted by Crippen LogP contribution is 2.30. The molecule has 1 aromatic rings. The van der Waals surface area contributed by atoms with Crippen LogP contribution in [0.5, 0.6) is 0 Å². The molecule has 6 nitrogen and oxygen atoms in total. The van der Waals surface area contributed by atoms with Crippen molar-refractivity contribution in [1.82, 2.24) is 15.1 Å². The van der Waals surface area contributed by atoms with Crippen molar-refractivity contribution in [2.45, 2.75) is 13.3 Å². The summed E-state index contributed by atoms with van der Waals surface area (Å²) in [5.74, 6) is -1.05. The van der Waals surface area contributed by atoms with Crippen molar-refractivity contribution in [3.63, 3.8) is 0 Å². The van der Waals surface area contributed by atoms with Gasteiger partial charge in [0.15, 0.2) is 0 Å². The Bertz CT molecular complexity index is 449. The van der Waals surface area contributed by atoms with Crippen LogP contribution in [0.1, 0.15) is 23.7 Å². The van der Waals surface area contributed by atoms with Gasteiger partial charge in [-0.25, -0.2) is 0 Å². The van der Waals surface area contributed by atoms with Gasteiger partial charge in [0.1, 0.15) is 0 Å². The summed E-state index contributed by atoms with van der Waals surface area (Å²) in [6.45, 7) is 2.36. The Morgan fingerprint density at radius 2 is 2.24 bits per heavy atom. The van der Waals surface area contributed by atoms with Crippen LogP contribution in [0.2, 0.25) is 0 Å². The summed E-state index contributed by atoms with van der Waals surface area (Å²) in [6, 6.07) is 1.58. The number of hydrogen-bond acceptors (Lipinski definition) is 4. The van der Waals surface area contributed by atoms with E-state index in [2.05, 4.69) is 10.2 Å². The number of aromatic nitrogens is 2. The van der Waals surface area contributed by atoms with Crippen molar-refractivity contribution < 1.29 is 14.7 Å². The summed E-state index contributed by atoms with van der Waals surface area (Å²) in [5.41, 5.74) is -0.398. The molecule has 1 atom stereocenters. The van der Waals surface area contributed by atoms with Gasteiger partial charge in [0, 0.05) is 13.1 Å². The van der Waals surface area contributed by atoms with Gasteiger partial charge in [0.25, 0.3) is 5.91 Å². The molecular weight excluding hydrogens is 222 g/mol. The van der Waals surface area contributed by atoms with E-state index in [9.17, 15) is 9.59 Å². The number of likely N-dealkylation sites (tertiary alicyclic amines) is 1. The minimum atomic E-state index is -0.861. The number of amides is 1. The second-order valence-electron chi connectivity index (χ2n) is 4.47. The normalized spacial score (nSPS) is 23.7. The van der Waals surface area contributed by atoms with E-state index in [4.69, 9.17) is 5.11 Å². The fourth-order valence-electron chi connectivity index (χ4n) is 1.91. The molecule has 1 aliphatic rings. The van der Waals surface area contributed by atoms with E-state index in [-0.39, 0.29) is 12.5 Å². The Labute approximate surface area is 98.3 Å². The quantitative estimate of drug-likeness (QED) is 0.802. The van der Waals surface area contributed by atoms with Crippen molar-refractivity contribution >= 4 is 11.9 Å². The molecule has 2 rings (SSSR count). The van der Waals surface area contributed by atoms with Crippen LogP contribution in [0.15, 0.2) is 18.5 Å². The zero-order chi connectivity index (χ0) is 12.5. The number of hydrogen-bond donors (Lipinski definition) is 1. The lowest BCUT2D eigenvalue weighted by molar-refractivity contribution is -0.147. The molecular formula is C11H13N3O3. The number of nitrogens with zero attached hydrogens (tertiary/aromatic N) is 3. The van der Waals surface area contributed by atoms with Gasteiger partial charge < -0.3 is 10.0 Å². The first kappa shape index (κ1) is 11.5. The lowest BCUT2D eigenvalue weighted by atomic mass is 9.90. The Balaban J connectivity index is 2.12. The molecule has 1 fully saturated rings. The molecule has 6 heteroatoms. The molecule has 0 radical (unpaired) electrons. The summed E-state index contributed by atoms with van der Waals surface area (Å²) in [6.07, 6.45) is 3.31. The SMILES string of the molecule is CC1(C(=O)O)CCN(C(=O)c2ccnnc2)C1. The summed E-state index contributed by atoms with van der Waals surface area (Å²) < 4.78 is 0. The van der Waals surface area contributed by atoms with Gasteiger partial charge in [-0.3, -0.25) is 9.59 Å². The average Bonchev–Trinajstić information content (AvgIpc) is 2.74. The summed E-state index contributed by atoms with van der Waals surface area (Å²) >= 11 is 0. The number of carbonyl (C=O) groups excluding carboxylic acids is 1. The van der Waals surface area contributed by atoms with Crippen molar-refractivity contribution in [1.29, 1.82) is 0 Å². The molecule has 1 aromatic heterocycles. The molecule has 0 aromatic carbocycles. The van der Waals surface area contributed by atoms with Crippen molar-refractivity contribution in [3.05, 3.63) is 24.0 Å². The number of aliphatic carboxylic acids is 1. The first-order valence-corrected chi connectivity index (χ1v) is 5.32. The molecule has 1 N–H and O–H groups in total. The molecule has 0 spiro atoms. The molecule has 0 saturated carbocycles. The lowest BCUT2D eigenvalue weighted by Crippen LogP contribution is -2.34. The van der Waals surface area contributed by atoms with Gasteiger partial charge in [-0.1, -0.05) is 0 Å². The molecule has 1 aliphatic heterocycles. The molecule has 1 unspecified atom stereocenters. The fraction of sp³-hybridized carbons (Fsp3) is 0.455. The van der Waals surface area contributed by atoms with Crippen LogP contribution in [0.25, 0.3) is 0 Å². The predicted octanol–water partition coefficient (Wildman–Crippen LogP) is 0.413. The summed E-state index contributed by atoms with van der Waals surface area (Å²) in [7, 11) is 0. The van der Waals surface area contributed by atoms with Crippen LogP contribution in [0, 0.1) is 5.41 Å². The van der Waals surface area contributed by atoms with Crippen LogP contribution in [-0.2, 0) is 4.79 Å². The highest BCUT2D eigenvalue weighted by atomic mass is 16.4. The van der Waals surface area contributed by atoms with Gasteiger partial charge in [0.05, 0.1) is 23.4 Å². The topological polar surface area (TPSA) is 83.4 Å². The largest absolute Gasteiger partial charge is 0.481 e. The van der Waals surface area contributed by atoms with Gasteiger partial charge in [-0.2, -0.15) is 10.2 Å². The number of carbonyl (C=O) groups is 2. The summed E-state index contributed by atoms with van der Waals surface area (Å²) in [5, 5.41) is 16.3. The van der Waals surface area contributed by atoms with Crippen LogP contribution in [0.3, 0.4) is 0 Å². The van der Waals surface area contributed by atoms with Gasteiger partial charge >= 0.3 is 5.97 Å². The first-order chi connectivity index (χ1) is 8.03. The highest BCUT2D eigenvalue weighted by Gasteiger charge is 2.42. The smallest absolute Gasteiger partial charge is 0.311 e. The molecule has 0 aliphatic carbocycles. The minimum Gasteiger partial charge on any atom is -0.481 e. The second kappa shape index (κ2) is 4.12. The minimum absolute atomic E-state index is 0.190. The van der Waals surface area contributed by atoms with Gasteiger partial charge in [0.2, 0.25) is 0 Å². The zero-order valence-electron chi connectivity index (χ0n) is 9.46. The molecule has 1 saturated heterocycles. The average molecular weight is 235 g/mol. The number of rotatable bonds is 2. The highest BCUT2D eigenvalue weighted by molar-refractivity contribution is 5.94. The van der Waals surface area contributed by atoms with E-state index in [0.717, 1.165) is 0 Å². The zero-order valence-corrected chi connectivity index (χ0v) is 9.46. The molecule has 90 valence electrons. The third-order valence-corrected chi connectivity index (χ3v) is 3.11. The third kappa shape index (κ3) is 2.11. The van der Waals surface area contributed by atoms with Crippen LogP contribution in [0.4, 0.5) is 0 Å². The Morgan fingerprint density at radius 1 is 1.47 bits per heavy atom. The van der Waals surface area contributed by atoms with Crippen LogP contribution >= 0.6 is 0 Å². The van der Waals surface area contributed by atoms with E-state index >= 15 is 0 Å².